The second-order valence-electron chi connectivity index (χ2n) is 7.40. The van der Waals surface area contributed by atoms with Gasteiger partial charge in [-0.1, -0.05) is 18.2 Å². The highest BCUT2D eigenvalue weighted by Gasteiger charge is 2.45. The molecule has 10 nitrogen and oxygen atoms in total. The van der Waals surface area contributed by atoms with E-state index >= 15 is 0 Å². The highest BCUT2D eigenvalue weighted by molar-refractivity contribution is 6.08. The van der Waals surface area contributed by atoms with Crippen molar-refractivity contribution in [2.75, 3.05) is 6.61 Å². The normalized spacial score (nSPS) is 25.0. The Kier molecular flexibility index (Phi) is 7.67. The first-order valence-electron chi connectivity index (χ1n) is 10.00. The molecule has 0 bridgehead atoms. The number of esters is 1. The second-order valence-corrected chi connectivity index (χ2v) is 7.40. The van der Waals surface area contributed by atoms with Gasteiger partial charge in [0, 0.05) is 13.0 Å². The molecule has 0 spiro atoms. The predicted octanol–water partition coefficient (Wildman–Crippen LogP) is 0.743. The SMILES string of the molecule is CC(=O)OC[C@H]1O[C@@H](Oc2ccc(/C=C/C(=O)c3ccc(O)cc3O)cc2)[C@H](O)[C@@H](O)[C@@H]1O. The van der Waals surface area contributed by atoms with Crippen LogP contribution in [-0.4, -0.2) is 74.6 Å². The summed E-state index contributed by atoms with van der Waals surface area (Å²) in [5, 5.41) is 49.3. The number of hydrogen-bond donors (Lipinski definition) is 5. The van der Waals surface area contributed by atoms with Crippen molar-refractivity contribution in [1.82, 2.24) is 0 Å². The van der Waals surface area contributed by atoms with Crippen LogP contribution in [-0.2, 0) is 14.3 Å². The van der Waals surface area contributed by atoms with E-state index in [1.165, 1.54) is 43.3 Å². The summed E-state index contributed by atoms with van der Waals surface area (Å²) in [4.78, 5) is 23.2. The first kappa shape index (κ1) is 24.2. The summed E-state index contributed by atoms with van der Waals surface area (Å²) >= 11 is 0. The third kappa shape index (κ3) is 6.08. The number of ketones is 1. The number of phenols is 2. The number of aliphatic hydroxyl groups is 3. The second kappa shape index (κ2) is 10.5. The molecule has 1 aliphatic heterocycles. The maximum atomic E-state index is 12.2. The summed E-state index contributed by atoms with van der Waals surface area (Å²) in [5.74, 6) is -1.27. The van der Waals surface area contributed by atoms with Gasteiger partial charge >= 0.3 is 5.97 Å². The quantitative estimate of drug-likeness (QED) is 0.226. The van der Waals surface area contributed by atoms with Crippen LogP contribution in [0, 0.1) is 0 Å². The summed E-state index contributed by atoms with van der Waals surface area (Å²) in [5.41, 5.74) is 0.666. The Morgan fingerprint density at radius 3 is 2.33 bits per heavy atom. The lowest BCUT2D eigenvalue weighted by Gasteiger charge is -2.39. The van der Waals surface area contributed by atoms with E-state index in [-0.39, 0.29) is 29.4 Å². The van der Waals surface area contributed by atoms with Crippen LogP contribution in [0.1, 0.15) is 22.8 Å². The average Bonchev–Trinajstić information content (AvgIpc) is 2.77. The van der Waals surface area contributed by atoms with Gasteiger partial charge < -0.3 is 39.7 Å². The lowest BCUT2D eigenvalue weighted by Crippen LogP contribution is -2.60. The van der Waals surface area contributed by atoms with Gasteiger partial charge in [0.05, 0.1) is 5.56 Å². The minimum absolute atomic E-state index is 0.0384. The standard InChI is InChI=1S/C23H24O10/c1-12(24)31-11-19-20(28)21(29)22(30)23(33-19)32-15-6-2-13(3-7-15)4-9-17(26)16-8-5-14(25)10-18(16)27/h2-10,19-23,25,27-30H,11H2,1H3/b9-4+/t19-,20-,21+,22-,23-/m1/s1. The van der Waals surface area contributed by atoms with Crippen LogP contribution < -0.4 is 4.74 Å². The first-order valence-corrected chi connectivity index (χ1v) is 10.00. The Balaban J connectivity index is 1.64. The molecule has 1 heterocycles. The van der Waals surface area contributed by atoms with Crippen molar-refractivity contribution in [3.05, 3.63) is 59.7 Å². The number of rotatable bonds is 7. The van der Waals surface area contributed by atoms with E-state index in [9.17, 15) is 35.1 Å². The number of phenolic OH excluding ortho intramolecular Hbond substituents is 2. The van der Waals surface area contributed by atoms with Crippen molar-refractivity contribution < 1.29 is 49.3 Å². The van der Waals surface area contributed by atoms with E-state index in [1.54, 1.807) is 12.1 Å². The molecule has 0 radical (unpaired) electrons. The van der Waals surface area contributed by atoms with E-state index in [1.807, 2.05) is 0 Å². The minimum atomic E-state index is -1.58. The highest BCUT2D eigenvalue weighted by atomic mass is 16.7. The van der Waals surface area contributed by atoms with E-state index < -0.39 is 42.5 Å². The summed E-state index contributed by atoms with van der Waals surface area (Å²) in [6.45, 7) is 0.861. The van der Waals surface area contributed by atoms with Crippen molar-refractivity contribution >= 4 is 17.8 Å². The molecule has 0 unspecified atom stereocenters. The number of allylic oxidation sites excluding steroid dienone is 1. The first-order chi connectivity index (χ1) is 15.7. The summed E-state index contributed by atoms with van der Waals surface area (Å²) < 4.78 is 15.8. The number of carbonyl (C=O) groups is 2. The lowest BCUT2D eigenvalue weighted by molar-refractivity contribution is -0.278. The topological polar surface area (TPSA) is 163 Å². The van der Waals surface area contributed by atoms with Crippen LogP contribution in [0.2, 0.25) is 0 Å². The number of carbonyl (C=O) groups excluding carboxylic acids is 2. The zero-order valence-electron chi connectivity index (χ0n) is 17.6. The molecule has 1 saturated heterocycles. The molecular formula is C23H24O10. The van der Waals surface area contributed by atoms with Crippen molar-refractivity contribution in [3.8, 4) is 17.2 Å². The van der Waals surface area contributed by atoms with Gasteiger partial charge in [0.2, 0.25) is 6.29 Å². The Bertz CT molecular complexity index is 1020. The molecule has 10 heteroatoms. The minimum Gasteiger partial charge on any atom is -0.508 e. The van der Waals surface area contributed by atoms with Gasteiger partial charge in [-0.2, -0.15) is 0 Å². The maximum Gasteiger partial charge on any atom is 0.302 e. The zero-order chi connectivity index (χ0) is 24.1. The number of aliphatic hydroxyl groups excluding tert-OH is 3. The van der Waals surface area contributed by atoms with Gasteiger partial charge in [0.15, 0.2) is 5.78 Å². The van der Waals surface area contributed by atoms with Gasteiger partial charge in [0.1, 0.15) is 48.3 Å². The van der Waals surface area contributed by atoms with Gasteiger partial charge in [-0.3, -0.25) is 9.59 Å². The molecule has 5 N–H and O–H groups in total. The summed E-state index contributed by atoms with van der Waals surface area (Å²) in [6.07, 6.45) is -4.26. The van der Waals surface area contributed by atoms with Crippen molar-refractivity contribution in [1.29, 1.82) is 0 Å². The molecule has 2 aromatic carbocycles. The Labute approximate surface area is 188 Å². The molecule has 1 aliphatic rings. The fourth-order valence-electron chi connectivity index (χ4n) is 3.13. The summed E-state index contributed by atoms with van der Waals surface area (Å²) in [6, 6.07) is 9.99. The Morgan fingerprint density at radius 1 is 1.00 bits per heavy atom. The van der Waals surface area contributed by atoms with Crippen molar-refractivity contribution in [2.45, 2.75) is 37.6 Å². The van der Waals surface area contributed by atoms with Crippen LogP contribution in [0.25, 0.3) is 6.08 Å². The molecule has 0 aliphatic carbocycles. The molecule has 1 fully saturated rings. The van der Waals surface area contributed by atoms with E-state index in [0.717, 1.165) is 6.07 Å². The molecule has 0 saturated carbocycles. The largest absolute Gasteiger partial charge is 0.508 e. The lowest BCUT2D eigenvalue weighted by atomic mass is 9.99. The maximum absolute atomic E-state index is 12.2. The Hall–Kier alpha value is -3.44. The van der Waals surface area contributed by atoms with E-state index in [4.69, 9.17) is 14.2 Å². The van der Waals surface area contributed by atoms with Gasteiger partial charge in [-0.05, 0) is 35.9 Å². The molecule has 176 valence electrons. The molecule has 3 rings (SSSR count). The fraction of sp³-hybridized carbons (Fsp3) is 0.304. The molecule has 2 aromatic rings. The van der Waals surface area contributed by atoms with Crippen LogP contribution in [0.15, 0.2) is 48.5 Å². The van der Waals surface area contributed by atoms with Crippen LogP contribution in [0.4, 0.5) is 0 Å². The smallest absolute Gasteiger partial charge is 0.302 e. The Morgan fingerprint density at radius 2 is 1.70 bits per heavy atom. The zero-order valence-corrected chi connectivity index (χ0v) is 17.6. The fourth-order valence-corrected chi connectivity index (χ4v) is 3.13. The monoisotopic (exact) mass is 460 g/mol. The number of hydrogen-bond acceptors (Lipinski definition) is 10. The third-order valence-corrected chi connectivity index (χ3v) is 4.93. The van der Waals surface area contributed by atoms with E-state index in [0.29, 0.717) is 5.56 Å². The third-order valence-electron chi connectivity index (χ3n) is 4.93. The highest BCUT2D eigenvalue weighted by Crippen LogP contribution is 2.26. The number of ether oxygens (including phenoxy) is 3. The van der Waals surface area contributed by atoms with Crippen molar-refractivity contribution in [3.63, 3.8) is 0 Å². The van der Waals surface area contributed by atoms with Gasteiger partial charge in [0.25, 0.3) is 0 Å². The van der Waals surface area contributed by atoms with E-state index in [2.05, 4.69) is 0 Å². The molecule has 5 atom stereocenters. The average molecular weight is 460 g/mol. The van der Waals surface area contributed by atoms with Gasteiger partial charge in [-0.25, -0.2) is 0 Å². The van der Waals surface area contributed by atoms with Gasteiger partial charge in [-0.15, -0.1) is 0 Å². The van der Waals surface area contributed by atoms with Crippen LogP contribution in [0.5, 0.6) is 17.2 Å². The number of benzene rings is 2. The molecular weight excluding hydrogens is 436 g/mol. The molecule has 0 amide bonds. The molecule has 0 aromatic heterocycles. The number of aromatic hydroxyl groups is 2. The molecule has 33 heavy (non-hydrogen) atoms. The predicted molar refractivity (Wildman–Crippen MR) is 114 cm³/mol. The van der Waals surface area contributed by atoms with Crippen molar-refractivity contribution in [2.24, 2.45) is 0 Å². The summed E-state index contributed by atoms with van der Waals surface area (Å²) in [7, 11) is 0. The van der Waals surface area contributed by atoms with Crippen LogP contribution in [0.3, 0.4) is 0 Å². The van der Waals surface area contributed by atoms with Crippen LogP contribution >= 0.6 is 0 Å².